The minimum absolute atomic E-state index is 0.206. The maximum absolute atomic E-state index is 12.9. The first kappa shape index (κ1) is 22.9. The van der Waals surface area contributed by atoms with E-state index in [0.717, 1.165) is 62.4 Å². The quantitative estimate of drug-likeness (QED) is 0.236. The number of β-amino-alcohol motifs (C(OH)–C–C–N with tert-alkyl or cyclic N) is 1. The fourth-order valence-electron chi connectivity index (χ4n) is 2.88. The fourth-order valence-corrected chi connectivity index (χ4v) is 3.73. The molecule has 6 nitrogen and oxygen atoms in total. The Labute approximate surface area is 171 Å². The van der Waals surface area contributed by atoms with E-state index in [0.29, 0.717) is 13.1 Å². The minimum Gasteiger partial charge on any atom is -0.387 e. The molecule has 158 valence electrons. The third-order valence-electron chi connectivity index (χ3n) is 4.29. The van der Waals surface area contributed by atoms with Crippen molar-refractivity contribution in [1.82, 2.24) is 15.5 Å². The number of aliphatic imine (C=N–C) groups is 1. The average molecular weight is 413 g/mol. The second-order valence-corrected chi connectivity index (χ2v) is 8.33. The van der Waals surface area contributed by atoms with Crippen LogP contribution in [0.1, 0.15) is 20.3 Å². The molecule has 8 heteroatoms. The van der Waals surface area contributed by atoms with Gasteiger partial charge in [0.25, 0.3) is 0 Å². The highest BCUT2D eigenvalue weighted by Crippen LogP contribution is 2.18. The van der Waals surface area contributed by atoms with Gasteiger partial charge < -0.3 is 20.5 Å². The molecule has 1 saturated heterocycles. The van der Waals surface area contributed by atoms with Gasteiger partial charge in [-0.15, -0.1) is 11.8 Å². The predicted octanol–water partition coefficient (Wildman–Crippen LogP) is 1.95. The van der Waals surface area contributed by atoms with Gasteiger partial charge in [-0.1, -0.05) is 0 Å². The number of hydrogen-bond acceptors (Lipinski definition) is 5. The van der Waals surface area contributed by atoms with Gasteiger partial charge in [0, 0.05) is 37.6 Å². The molecule has 0 aliphatic carbocycles. The summed E-state index contributed by atoms with van der Waals surface area (Å²) in [6.45, 7) is 9.47. The van der Waals surface area contributed by atoms with Crippen LogP contribution in [0.15, 0.2) is 34.2 Å². The van der Waals surface area contributed by atoms with Gasteiger partial charge in [0.2, 0.25) is 0 Å². The van der Waals surface area contributed by atoms with Crippen LogP contribution in [0.3, 0.4) is 0 Å². The van der Waals surface area contributed by atoms with E-state index >= 15 is 0 Å². The maximum atomic E-state index is 12.9. The number of halogens is 1. The molecule has 3 N–H and O–H groups in total. The summed E-state index contributed by atoms with van der Waals surface area (Å²) >= 11 is 1.71. The van der Waals surface area contributed by atoms with Gasteiger partial charge in [-0.05, 0) is 50.3 Å². The molecule has 1 aliphatic rings. The zero-order chi connectivity index (χ0) is 20.2. The van der Waals surface area contributed by atoms with Crippen LogP contribution in [0, 0.1) is 5.82 Å². The SMILES string of the molecule is CCNC(=NCC(C)(O)CN1CCOCC1)NCCCSc1ccc(F)cc1. The number of nitrogens with zero attached hydrogens (tertiary/aromatic N) is 2. The van der Waals surface area contributed by atoms with E-state index in [-0.39, 0.29) is 5.82 Å². The van der Waals surface area contributed by atoms with Gasteiger partial charge in [0.1, 0.15) is 5.82 Å². The van der Waals surface area contributed by atoms with E-state index in [1.54, 1.807) is 23.9 Å². The van der Waals surface area contributed by atoms with Crippen LogP contribution in [0.25, 0.3) is 0 Å². The summed E-state index contributed by atoms with van der Waals surface area (Å²) in [5.41, 5.74) is -0.877. The summed E-state index contributed by atoms with van der Waals surface area (Å²) in [4.78, 5) is 7.84. The molecule has 0 amide bonds. The van der Waals surface area contributed by atoms with Crippen LogP contribution in [0.2, 0.25) is 0 Å². The monoisotopic (exact) mass is 412 g/mol. The third kappa shape index (κ3) is 9.23. The van der Waals surface area contributed by atoms with Gasteiger partial charge in [0.15, 0.2) is 5.96 Å². The number of hydrogen-bond donors (Lipinski definition) is 3. The predicted molar refractivity (Wildman–Crippen MR) is 114 cm³/mol. The molecular weight excluding hydrogens is 379 g/mol. The largest absolute Gasteiger partial charge is 0.387 e. The molecule has 0 aromatic heterocycles. The van der Waals surface area contributed by atoms with Crippen molar-refractivity contribution < 1.29 is 14.2 Å². The van der Waals surface area contributed by atoms with Crippen LogP contribution in [0.5, 0.6) is 0 Å². The van der Waals surface area contributed by atoms with Crippen molar-refractivity contribution in [2.45, 2.75) is 30.8 Å². The van der Waals surface area contributed by atoms with E-state index in [4.69, 9.17) is 4.74 Å². The molecule has 1 aromatic rings. The second kappa shape index (κ2) is 12.3. The van der Waals surface area contributed by atoms with Gasteiger partial charge in [0.05, 0.1) is 25.4 Å². The maximum Gasteiger partial charge on any atom is 0.191 e. The minimum atomic E-state index is -0.877. The summed E-state index contributed by atoms with van der Waals surface area (Å²) in [6.07, 6.45) is 0.955. The molecule has 1 aliphatic heterocycles. The van der Waals surface area contributed by atoms with Crippen LogP contribution < -0.4 is 10.6 Å². The number of benzene rings is 1. The highest BCUT2D eigenvalue weighted by Gasteiger charge is 2.25. The molecule has 1 atom stereocenters. The van der Waals surface area contributed by atoms with Crippen molar-refractivity contribution >= 4 is 17.7 Å². The number of thioether (sulfide) groups is 1. The first-order chi connectivity index (χ1) is 13.5. The topological polar surface area (TPSA) is 69.1 Å². The Morgan fingerprint density at radius 3 is 2.68 bits per heavy atom. The summed E-state index contributed by atoms with van der Waals surface area (Å²) in [6, 6.07) is 6.57. The smallest absolute Gasteiger partial charge is 0.191 e. The fraction of sp³-hybridized carbons (Fsp3) is 0.650. The number of nitrogens with one attached hydrogen (secondary N) is 2. The lowest BCUT2D eigenvalue weighted by atomic mass is 10.1. The van der Waals surface area contributed by atoms with Crippen LogP contribution >= 0.6 is 11.8 Å². The van der Waals surface area contributed by atoms with E-state index in [1.807, 2.05) is 13.8 Å². The number of rotatable bonds is 10. The molecule has 0 saturated carbocycles. The van der Waals surface area contributed by atoms with E-state index < -0.39 is 5.60 Å². The lowest BCUT2D eigenvalue weighted by molar-refractivity contribution is -0.0179. The molecule has 2 rings (SSSR count). The van der Waals surface area contributed by atoms with Crippen molar-refractivity contribution in [3.63, 3.8) is 0 Å². The molecule has 0 spiro atoms. The Hall–Kier alpha value is -1.35. The van der Waals surface area contributed by atoms with Crippen LogP contribution in [0.4, 0.5) is 4.39 Å². The first-order valence-electron chi connectivity index (χ1n) is 9.91. The number of guanidine groups is 1. The number of morpholine rings is 1. The lowest BCUT2D eigenvalue weighted by Crippen LogP contribution is -2.48. The Bertz CT molecular complexity index is 592. The summed E-state index contributed by atoms with van der Waals surface area (Å²) in [5, 5.41) is 17.2. The van der Waals surface area contributed by atoms with Crippen molar-refractivity contribution in [2.24, 2.45) is 4.99 Å². The molecule has 1 fully saturated rings. The zero-order valence-corrected chi connectivity index (χ0v) is 17.7. The molecule has 1 unspecified atom stereocenters. The van der Waals surface area contributed by atoms with Crippen LogP contribution in [-0.4, -0.2) is 79.8 Å². The molecule has 0 bridgehead atoms. The summed E-state index contributed by atoms with van der Waals surface area (Å²) in [7, 11) is 0. The third-order valence-corrected chi connectivity index (χ3v) is 5.38. The number of aliphatic hydroxyl groups is 1. The Balaban J connectivity index is 1.70. The number of ether oxygens (including phenoxy) is 1. The van der Waals surface area contributed by atoms with Crippen molar-refractivity contribution in [3.8, 4) is 0 Å². The van der Waals surface area contributed by atoms with Gasteiger partial charge in [-0.3, -0.25) is 9.89 Å². The second-order valence-electron chi connectivity index (χ2n) is 7.16. The standard InChI is InChI=1S/C20H33FN4O2S/c1-3-22-19(23-9-4-14-28-18-7-5-17(21)6-8-18)24-15-20(2,26)16-25-10-12-27-13-11-25/h5-8,26H,3-4,9-16H2,1-2H3,(H2,22,23,24). The average Bonchev–Trinajstić information content (AvgIpc) is 2.67. The van der Waals surface area contributed by atoms with E-state index in [9.17, 15) is 9.50 Å². The highest BCUT2D eigenvalue weighted by atomic mass is 32.2. The molecule has 0 radical (unpaired) electrons. The Morgan fingerprint density at radius 2 is 2.00 bits per heavy atom. The normalized spacial score (nSPS) is 17.9. The van der Waals surface area contributed by atoms with E-state index in [1.165, 1.54) is 12.1 Å². The van der Waals surface area contributed by atoms with Crippen molar-refractivity contribution in [3.05, 3.63) is 30.1 Å². The molecule has 28 heavy (non-hydrogen) atoms. The molecular formula is C20H33FN4O2S. The first-order valence-corrected chi connectivity index (χ1v) is 10.9. The summed E-state index contributed by atoms with van der Waals surface area (Å²) in [5.74, 6) is 1.45. The van der Waals surface area contributed by atoms with Crippen LogP contribution in [-0.2, 0) is 4.74 Å². The summed E-state index contributed by atoms with van der Waals surface area (Å²) < 4.78 is 18.3. The zero-order valence-electron chi connectivity index (χ0n) is 16.9. The lowest BCUT2D eigenvalue weighted by Gasteiger charge is -2.33. The van der Waals surface area contributed by atoms with Crippen molar-refractivity contribution in [2.75, 3.05) is 58.2 Å². The molecule has 1 heterocycles. The van der Waals surface area contributed by atoms with Gasteiger partial charge in [-0.25, -0.2) is 4.39 Å². The van der Waals surface area contributed by atoms with Crippen molar-refractivity contribution in [1.29, 1.82) is 0 Å². The Morgan fingerprint density at radius 1 is 1.29 bits per heavy atom. The van der Waals surface area contributed by atoms with E-state index in [2.05, 4.69) is 20.5 Å². The molecule has 1 aromatic carbocycles. The van der Waals surface area contributed by atoms with Gasteiger partial charge >= 0.3 is 0 Å². The van der Waals surface area contributed by atoms with Gasteiger partial charge in [-0.2, -0.15) is 0 Å². The highest BCUT2D eigenvalue weighted by molar-refractivity contribution is 7.99. The Kier molecular flexibility index (Phi) is 10.0.